The van der Waals surface area contributed by atoms with Crippen LogP contribution in [0.3, 0.4) is 0 Å². The quantitative estimate of drug-likeness (QED) is 0.306. The molecule has 0 aromatic rings. The molecule has 0 aliphatic rings. The van der Waals surface area contributed by atoms with Crippen LogP contribution in [0, 0.1) is 0 Å². The van der Waals surface area contributed by atoms with Crippen molar-refractivity contribution in [2.45, 2.75) is 12.6 Å². The van der Waals surface area contributed by atoms with E-state index in [4.69, 9.17) is 5.21 Å². The Morgan fingerprint density at radius 2 is 1.00 bits per heavy atom. The van der Waals surface area contributed by atoms with Crippen molar-refractivity contribution in [1.82, 2.24) is 5.06 Å². The van der Waals surface area contributed by atoms with Gasteiger partial charge in [-0.1, -0.05) is 0 Å². The molecule has 0 saturated carbocycles. The molecule has 10 heavy (non-hydrogen) atoms. The maximum Gasteiger partial charge on any atom is 0.493 e. The number of nitrogens with zero attached hydrogens (tertiary/aromatic N) is 1. The van der Waals surface area contributed by atoms with Crippen LogP contribution in [0.2, 0.25) is 0 Å². The minimum atomic E-state index is -5.90. The highest BCUT2D eigenvalue weighted by molar-refractivity contribution is 4.47. The summed E-state index contributed by atoms with van der Waals surface area (Å²) in [5.74, 6) is 0. The molecule has 0 aromatic carbocycles. The summed E-state index contributed by atoms with van der Waals surface area (Å²) >= 11 is 0. The summed E-state index contributed by atoms with van der Waals surface area (Å²) in [6.07, 6.45) is -11.8. The fourth-order valence-corrected chi connectivity index (χ4v) is 0.144. The van der Waals surface area contributed by atoms with Gasteiger partial charge in [0.15, 0.2) is 0 Å². The lowest BCUT2D eigenvalue weighted by Crippen LogP contribution is -2.44. The van der Waals surface area contributed by atoms with Gasteiger partial charge in [0, 0.05) is 5.06 Å². The Morgan fingerprint density at radius 1 is 0.800 bits per heavy atom. The van der Waals surface area contributed by atoms with Gasteiger partial charge in [0.1, 0.15) is 0 Å². The molecule has 0 atom stereocenters. The van der Waals surface area contributed by atoms with Crippen LogP contribution in [0.1, 0.15) is 0 Å². The lowest BCUT2D eigenvalue weighted by Gasteiger charge is -2.16. The van der Waals surface area contributed by atoms with Crippen LogP contribution in [0.4, 0.5) is 26.3 Å². The van der Waals surface area contributed by atoms with Gasteiger partial charge < -0.3 is 0 Å². The number of halogens is 6. The van der Waals surface area contributed by atoms with Gasteiger partial charge in [0.25, 0.3) is 0 Å². The molecule has 0 aromatic heterocycles. The van der Waals surface area contributed by atoms with Crippen molar-refractivity contribution < 1.29 is 31.5 Å². The largest absolute Gasteiger partial charge is 0.493 e. The van der Waals surface area contributed by atoms with Crippen molar-refractivity contribution in [1.29, 1.82) is 0 Å². The van der Waals surface area contributed by atoms with E-state index in [1.807, 2.05) is 0 Å². The minimum absolute atomic E-state index is 2.88. The number of hydroxylamine groups is 2. The van der Waals surface area contributed by atoms with Crippen molar-refractivity contribution in [3.63, 3.8) is 0 Å². The monoisotopic (exact) mass is 168 g/mol. The normalized spacial score (nSPS) is 14.4. The third-order valence-corrected chi connectivity index (χ3v) is 0.461. The molecule has 0 saturated heterocycles. The maximum atomic E-state index is 10.8. The van der Waals surface area contributed by atoms with E-state index >= 15 is 0 Å². The number of hydrogen-bond acceptors (Lipinski definition) is 1. The molecule has 0 fully saturated rings. The molecular weight excluding hydrogens is 168 g/mol. The zero-order valence-electron chi connectivity index (χ0n) is 4.12. The zero-order chi connectivity index (χ0) is 8.58. The van der Waals surface area contributed by atoms with Crippen LogP contribution in [0.15, 0.2) is 0 Å². The molecule has 2 nitrogen and oxygen atoms in total. The number of alkyl halides is 6. The van der Waals surface area contributed by atoms with E-state index in [0.717, 1.165) is 0 Å². The van der Waals surface area contributed by atoms with Gasteiger partial charge in [-0.15, -0.1) is 5.21 Å². The highest BCUT2D eigenvalue weighted by Crippen LogP contribution is 2.30. The first-order valence-electron chi connectivity index (χ1n) is 1.76. The van der Waals surface area contributed by atoms with E-state index in [2.05, 4.69) is 0 Å². The topological polar surface area (TPSA) is 23.1 Å². The van der Waals surface area contributed by atoms with Crippen LogP contribution in [0.25, 0.3) is 0 Å². The van der Waals surface area contributed by atoms with Gasteiger partial charge >= 0.3 is 12.6 Å². The van der Waals surface area contributed by atoms with Crippen LogP contribution in [-0.2, 0) is 5.21 Å². The Bertz CT molecular complexity index is 99.9. The van der Waals surface area contributed by atoms with Crippen LogP contribution < -0.4 is 0 Å². The number of hydrogen-bond donors (Lipinski definition) is 0. The molecule has 0 aliphatic carbocycles. The fraction of sp³-hybridized carbons (Fsp3) is 1.00. The Kier molecular flexibility index (Phi) is 2.16. The van der Waals surface area contributed by atoms with Gasteiger partial charge in [-0.25, -0.2) is 0 Å². The molecule has 8 heteroatoms. The van der Waals surface area contributed by atoms with Crippen molar-refractivity contribution >= 4 is 0 Å². The molecule has 1 radical (unpaired) electrons. The predicted molar refractivity (Wildman–Crippen MR) is 14.6 cm³/mol. The summed E-state index contributed by atoms with van der Waals surface area (Å²) in [5.41, 5.74) is 0. The van der Waals surface area contributed by atoms with Gasteiger partial charge in [0.05, 0.1) is 0 Å². The fourth-order valence-electron chi connectivity index (χ4n) is 0.144. The van der Waals surface area contributed by atoms with Crippen molar-refractivity contribution in [3.05, 3.63) is 0 Å². The first kappa shape index (κ1) is 9.50. The van der Waals surface area contributed by atoms with Crippen LogP contribution >= 0.6 is 0 Å². The van der Waals surface area contributed by atoms with Crippen molar-refractivity contribution in [2.24, 2.45) is 0 Å². The molecule has 0 spiro atoms. The Balaban J connectivity index is 4.23. The van der Waals surface area contributed by atoms with Crippen LogP contribution in [-0.4, -0.2) is 17.7 Å². The van der Waals surface area contributed by atoms with Gasteiger partial charge in [-0.05, 0) is 0 Å². The smallest absolute Gasteiger partial charge is 0.153 e. The Morgan fingerprint density at radius 3 is 1.00 bits per heavy atom. The first-order chi connectivity index (χ1) is 4.15. The summed E-state index contributed by atoms with van der Waals surface area (Å²) in [5, 5.41) is 6.28. The number of rotatable bonds is 0. The summed E-state index contributed by atoms with van der Waals surface area (Å²) in [4.78, 5) is 0. The second kappa shape index (κ2) is 2.27. The summed E-state index contributed by atoms with van der Waals surface area (Å²) in [6.45, 7) is 0. The van der Waals surface area contributed by atoms with Crippen molar-refractivity contribution in [2.75, 3.05) is 0 Å². The van der Waals surface area contributed by atoms with Gasteiger partial charge in [0.2, 0.25) is 0 Å². The average Bonchev–Trinajstić information content (AvgIpc) is 1.59. The average molecular weight is 168 g/mol. The van der Waals surface area contributed by atoms with E-state index in [9.17, 15) is 26.3 Å². The molecule has 0 amide bonds. The van der Waals surface area contributed by atoms with Gasteiger partial charge in [-0.3, -0.25) is 0 Å². The lowest BCUT2D eigenvalue weighted by atomic mass is 10.9. The van der Waals surface area contributed by atoms with E-state index in [1.165, 1.54) is 0 Å². The molecule has 0 rings (SSSR count). The van der Waals surface area contributed by atoms with Crippen molar-refractivity contribution in [3.8, 4) is 0 Å². The second-order valence-corrected chi connectivity index (χ2v) is 1.23. The highest BCUT2D eigenvalue weighted by atomic mass is 19.4. The van der Waals surface area contributed by atoms with E-state index in [1.54, 1.807) is 0 Å². The SMILES string of the molecule is [O]N(C(F)(F)F)C(F)(F)F. The third kappa shape index (κ3) is 2.40. The van der Waals surface area contributed by atoms with E-state index in [-0.39, 0.29) is 0 Å². The Hall–Kier alpha value is -0.500. The molecule has 0 heterocycles. The van der Waals surface area contributed by atoms with E-state index < -0.39 is 17.7 Å². The Labute approximate surface area is 50.6 Å². The lowest BCUT2D eigenvalue weighted by molar-refractivity contribution is -0.491. The highest BCUT2D eigenvalue weighted by Gasteiger charge is 2.55. The minimum Gasteiger partial charge on any atom is -0.153 e. The maximum absolute atomic E-state index is 10.8. The summed E-state index contributed by atoms with van der Waals surface area (Å²) < 4.78 is 65.0. The molecule has 0 bridgehead atoms. The third-order valence-electron chi connectivity index (χ3n) is 0.461. The zero-order valence-corrected chi connectivity index (χ0v) is 4.12. The molecule has 0 unspecified atom stereocenters. The first-order valence-corrected chi connectivity index (χ1v) is 1.76. The second-order valence-electron chi connectivity index (χ2n) is 1.23. The molecule has 0 aliphatic heterocycles. The standard InChI is InChI=1S/C2F6NO/c3-1(4,5)9(10)2(6,7)8. The molecule has 0 N–H and O–H groups in total. The summed E-state index contributed by atoms with van der Waals surface area (Å²) in [6, 6.07) is 0. The van der Waals surface area contributed by atoms with Gasteiger partial charge in [-0.2, -0.15) is 26.3 Å². The molecular formula is C2F6NO. The van der Waals surface area contributed by atoms with Crippen LogP contribution in [0.5, 0.6) is 0 Å². The summed E-state index contributed by atoms with van der Waals surface area (Å²) in [7, 11) is 0. The predicted octanol–water partition coefficient (Wildman–Crippen LogP) is 1.67. The van der Waals surface area contributed by atoms with E-state index in [0.29, 0.717) is 0 Å². The molecule has 61 valence electrons.